The molecule has 0 unspecified atom stereocenters. The Bertz CT molecular complexity index is 1310. The van der Waals surface area contributed by atoms with Crippen molar-refractivity contribution < 1.29 is 14.6 Å². The molecule has 0 saturated heterocycles. The molecule has 7 heteroatoms. The topological polar surface area (TPSA) is 77.2 Å². The molecule has 6 nitrogen and oxygen atoms in total. The summed E-state index contributed by atoms with van der Waals surface area (Å²) >= 11 is 1.62. The first-order valence-corrected chi connectivity index (χ1v) is 12.3. The number of hydrogen-bond donors (Lipinski definition) is 1. The van der Waals surface area contributed by atoms with E-state index >= 15 is 0 Å². The second-order valence-electron chi connectivity index (χ2n) is 9.16. The lowest BCUT2D eigenvalue weighted by atomic mass is 9.72. The van der Waals surface area contributed by atoms with Gasteiger partial charge in [-0.3, -0.25) is 4.79 Å². The molecule has 2 aromatic carbocycles. The first-order valence-electron chi connectivity index (χ1n) is 11.5. The molecule has 0 bridgehead atoms. The van der Waals surface area contributed by atoms with E-state index in [0.29, 0.717) is 0 Å². The minimum atomic E-state index is -0.863. The number of hydrogen-bond acceptors (Lipinski definition) is 6. The average molecular weight is 478 g/mol. The Morgan fingerprint density at radius 2 is 1.91 bits per heavy atom. The number of aliphatic hydroxyl groups excluding tert-OH is 1. The highest BCUT2D eigenvalue weighted by Gasteiger charge is 2.42. The fourth-order valence-corrected chi connectivity index (χ4v) is 5.85. The Balaban J connectivity index is 1.78. The van der Waals surface area contributed by atoms with Gasteiger partial charge >= 0.3 is 5.97 Å². The summed E-state index contributed by atoms with van der Waals surface area (Å²) < 4.78 is 7.69. The molecular weight excluding hydrogens is 446 g/mol. The summed E-state index contributed by atoms with van der Waals surface area (Å²) in [6, 6.07) is 15.8. The quantitative estimate of drug-likeness (QED) is 0.338. The lowest BCUT2D eigenvalue weighted by Crippen LogP contribution is -2.34. The van der Waals surface area contributed by atoms with Gasteiger partial charge in [-0.05, 0) is 69.0 Å². The van der Waals surface area contributed by atoms with Crippen LogP contribution in [0.5, 0.6) is 0 Å². The minimum Gasteiger partial charge on any atom is -0.460 e. The van der Waals surface area contributed by atoms with Crippen LogP contribution in [0.3, 0.4) is 0 Å². The number of nitrogens with zero attached hydrogens (tertiary/aromatic N) is 3. The molecule has 4 aromatic rings. The molecule has 2 aromatic heterocycles. The number of benzene rings is 2. The van der Waals surface area contributed by atoms with Crippen molar-refractivity contribution in [2.75, 3.05) is 0 Å². The highest BCUT2D eigenvalue weighted by atomic mass is 32.1. The molecule has 0 radical (unpaired) electrons. The summed E-state index contributed by atoms with van der Waals surface area (Å²) in [5, 5.41) is 18.5. The van der Waals surface area contributed by atoms with Gasteiger partial charge in [0, 0.05) is 22.2 Å². The second-order valence-corrected chi connectivity index (χ2v) is 10.4. The zero-order valence-corrected chi connectivity index (χ0v) is 21.1. The summed E-state index contributed by atoms with van der Waals surface area (Å²) in [7, 11) is 0. The lowest BCUT2D eigenvalue weighted by Gasteiger charge is -2.33. The van der Waals surface area contributed by atoms with E-state index in [9.17, 15) is 9.90 Å². The van der Waals surface area contributed by atoms with Gasteiger partial charge in [-0.1, -0.05) is 41.6 Å². The molecule has 0 aliphatic heterocycles. The van der Waals surface area contributed by atoms with E-state index < -0.39 is 5.41 Å². The van der Waals surface area contributed by atoms with Gasteiger partial charge in [-0.15, -0.1) is 16.4 Å². The SMILES string of the molecule is CCn1nnc2c(C)c([C@H](c3cc(CO)c(C)s3)C(C)(C)C(=O)OCc3ccccc3)ccc21. The third kappa shape index (κ3) is 4.38. The van der Waals surface area contributed by atoms with E-state index in [0.717, 1.165) is 49.6 Å². The molecule has 4 rings (SSSR count). The fraction of sp³-hybridized carbons (Fsp3) is 0.370. The van der Waals surface area contributed by atoms with Crippen molar-refractivity contribution in [3.63, 3.8) is 0 Å². The molecule has 1 atom stereocenters. The van der Waals surface area contributed by atoms with Crippen molar-refractivity contribution in [2.45, 2.75) is 60.3 Å². The number of thiophene rings is 1. The Morgan fingerprint density at radius 3 is 2.56 bits per heavy atom. The van der Waals surface area contributed by atoms with Crippen LogP contribution in [0.1, 0.15) is 58.7 Å². The highest BCUT2D eigenvalue weighted by Crippen LogP contribution is 2.47. The van der Waals surface area contributed by atoms with Crippen molar-refractivity contribution in [3.05, 3.63) is 80.5 Å². The molecule has 0 aliphatic rings. The van der Waals surface area contributed by atoms with Gasteiger partial charge in [0.05, 0.1) is 17.5 Å². The Labute approximate surface area is 204 Å². The summed E-state index contributed by atoms with van der Waals surface area (Å²) in [5.74, 6) is -0.536. The van der Waals surface area contributed by atoms with Gasteiger partial charge in [0.1, 0.15) is 12.1 Å². The fourth-order valence-electron chi connectivity index (χ4n) is 4.50. The van der Waals surface area contributed by atoms with E-state index in [-0.39, 0.29) is 25.1 Å². The van der Waals surface area contributed by atoms with Crippen molar-refractivity contribution in [2.24, 2.45) is 5.41 Å². The van der Waals surface area contributed by atoms with Crippen LogP contribution < -0.4 is 0 Å². The van der Waals surface area contributed by atoms with Crippen LogP contribution in [0.25, 0.3) is 11.0 Å². The first kappa shape index (κ1) is 24.1. The minimum absolute atomic E-state index is 0.0310. The molecule has 0 amide bonds. The van der Waals surface area contributed by atoms with Gasteiger partial charge in [0.25, 0.3) is 0 Å². The number of aromatic nitrogens is 3. The van der Waals surface area contributed by atoms with E-state index in [1.165, 1.54) is 0 Å². The average Bonchev–Trinajstić information content (AvgIpc) is 3.42. The van der Waals surface area contributed by atoms with Crippen LogP contribution in [0.2, 0.25) is 0 Å². The van der Waals surface area contributed by atoms with Gasteiger partial charge in [-0.25, -0.2) is 4.68 Å². The van der Waals surface area contributed by atoms with Crippen molar-refractivity contribution >= 4 is 28.3 Å². The summed E-state index contributed by atoms with van der Waals surface area (Å²) in [4.78, 5) is 15.6. The molecule has 0 fully saturated rings. The summed E-state index contributed by atoms with van der Waals surface area (Å²) in [6.45, 7) is 10.9. The second kappa shape index (κ2) is 9.68. The van der Waals surface area contributed by atoms with Crippen molar-refractivity contribution in [3.8, 4) is 0 Å². The zero-order chi connectivity index (χ0) is 24.5. The number of aryl methyl sites for hydroxylation is 3. The number of aliphatic hydroxyl groups is 1. The molecule has 2 heterocycles. The molecular formula is C27H31N3O3S. The highest BCUT2D eigenvalue weighted by molar-refractivity contribution is 7.12. The number of esters is 1. The maximum absolute atomic E-state index is 13.5. The van der Waals surface area contributed by atoms with E-state index in [4.69, 9.17) is 4.74 Å². The Hall–Kier alpha value is -3.03. The third-order valence-corrected chi connectivity index (χ3v) is 7.71. The molecule has 0 saturated carbocycles. The Morgan fingerprint density at radius 1 is 1.18 bits per heavy atom. The van der Waals surface area contributed by atoms with Crippen LogP contribution in [0.15, 0.2) is 48.5 Å². The van der Waals surface area contributed by atoms with E-state index in [2.05, 4.69) is 16.4 Å². The predicted octanol–water partition coefficient (Wildman–Crippen LogP) is 5.52. The molecule has 1 N–H and O–H groups in total. The normalized spacial score (nSPS) is 12.8. The van der Waals surface area contributed by atoms with Crippen LogP contribution in [-0.4, -0.2) is 26.1 Å². The smallest absolute Gasteiger partial charge is 0.312 e. The number of rotatable bonds is 8. The molecule has 34 heavy (non-hydrogen) atoms. The molecule has 178 valence electrons. The van der Waals surface area contributed by atoms with Crippen LogP contribution in [-0.2, 0) is 29.3 Å². The van der Waals surface area contributed by atoms with Gasteiger partial charge < -0.3 is 9.84 Å². The number of carbonyl (C=O) groups is 1. The summed E-state index contributed by atoms with van der Waals surface area (Å²) in [5.41, 5.74) is 4.81. The standard InChI is InChI=1S/C27H31N3O3S/c1-6-30-22-13-12-21(17(2)25(22)28-29-30)24(23-14-20(15-31)18(3)34-23)27(4,5)26(32)33-16-19-10-8-7-9-11-19/h7-14,24,31H,6,15-16H2,1-5H3/t24-/m1/s1. The van der Waals surface area contributed by atoms with Crippen molar-refractivity contribution in [1.29, 1.82) is 0 Å². The largest absolute Gasteiger partial charge is 0.460 e. The van der Waals surface area contributed by atoms with Crippen LogP contribution >= 0.6 is 11.3 Å². The molecule has 0 aliphatic carbocycles. The number of carbonyl (C=O) groups excluding carboxylic acids is 1. The monoisotopic (exact) mass is 477 g/mol. The maximum Gasteiger partial charge on any atom is 0.312 e. The van der Waals surface area contributed by atoms with Crippen LogP contribution in [0, 0.1) is 19.3 Å². The maximum atomic E-state index is 13.5. The number of ether oxygens (including phenoxy) is 1. The predicted molar refractivity (Wildman–Crippen MR) is 135 cm³/mol. The third-order valence-electron chi connectivity index (χ3n) is 6.55. The Kier molecular flexibility index (Phi) is 6.86. The van der Waals surface area contributed by atoms with Gasteiger partial charge in [-0.2, -0.15) is 0 Å². The molecule has 0 spiro atoms. The van der Waals surface area contributed by atoms with Gasteiger partial charge in [0.15, 0.2) is 0 Å². The lowest BCUT2D eigenvalue weighted by molar-refractivity contribution is -0.156. The van der Waals surface area contributed by atoms with E-state index in [1.54, 1.807) is 11.3 Å². The van der Waals surface area contributed by atoms with Crippen LogP contribution in [0.4, 0.5) is 0 Å². The first-order chi connectivity index (χ1) is 16.3. The summed E-state index contributed by atoms with van der Waals surface area (Å²) in [6.07, 6.45) is 0. The van der Waals surface area contributed by atoms with E-state index in [1.807, 2.05) is 81.8 Å². The zero-order valence-electron chi connectivity index (χ0n) is 20.3. The number of fused-ring (bicyclic) bond motifs is 1. The van der Waals surface area contributed by atoms with Crippen molar-refractivity contribution in [1.82, 2.24) is 15.0 Å². The van der Waals surface area contributed by atoms with Gasteiger partial charge in [0.2, 0.25) is 0 Å².